The Morgan fingerprint density at radius 2 is 2.20 bits per heavy atom. The van der Waals surface area contributed by atoms with Gasteiger partial charge in [-0.3, -0.25) is 4.68 Å². The number of aromatic nitrogens is 2. The molecule has 1 N–H and O–H groups in total. The number of nitrogens with zero attached hydrogens (tertiary/aromatic N) is 3. The topological polar surface area (TPSA) is 50.2 Å². The Hall–Kier alpha value is -2.60. The van der Waals surface area contributed by atoms with Crippen LogP contribution in [0.3, 0.4) is 0 Å². The van der Waals surface area contributed by atoms with E-state index in [9.17, 15) is 4.79 Å². The fourth-order valence-electron chi connectivity index (χ4n) is 3.36. The molecule has 2 amide bonds. The van der Waals surface area contributed by atoms with Gasteiger partial charge in [0.25, 0.3) is 0 Å². The van der Waals surface area contributed by atoms with Gasteiger partial charge in [-0.2, -0.15) is 16.4 Å². The molecule has 128 valence electrons. The van der Waals surface area contributed by atoms with Crippen molar-refractivity contribution in [3.05, 3.63) is 70.7 Å². The maximum atomic E-state index is 12.9. The minimum atomic E-state index is -0.0263. The fraction of sp³-hybridized carbons (Fsp3) is 0.263. The number of nitrogens with one attached hydrogen (secondary N) is 1. The third-order valence-electron chi connectivity index (χ3n) is 4.59. The van der Waals surface area contributed by atoms with Crippen LogP contribution in [0.1, 0.15) is 30.0 Å². The molecule has 0 radical (unpaired) electrons. The molecule has 1 fully saturated rings. The van der Waals surface area contributed by atoms with Crippen LogP contribution in [0.2, 0.25) is 0 Å². The van der Waals surface area contributed by atoms with Crippen LogP contribution in [0.5, 0.6) is 0 Å². The first kappa shape index (κ1) is 15.9. The summed E-state index contributed by atoms with van der Waals surface area (Å²) in [7, 11) is 0. The summed E-state index contributed by atoms with van der Waals surface area (Å²) >= 11 is 1.68. The van der Waals surface area contributed by atoms with Gasteiger partial charge in [-0.1, -0.05) is 18.2 Å². The van der Waals surface area contributed by atoms with Crippen molar-refractivity contribution >= 4 is 23.1 Å². The highest BCUT2D eigenvalue weighted by atomic mass is 32.1. The average molecular weight is 352 g/mol. The molecule has 0 bridgehead atoms. The minimum Gasteiger partial charge on any atom is -0.317 e. The van der Waals surface area contributed by atoms with Gasteiger partial charge in [0.05, 0.1) is 12.6 Å². The van der Waals surface area contributed by atoms with E-state index in [2.05, 4.69) is 27.2 Å². The van der Waals surface area contributed by atoms with Crippen LogP contribution < -0.4 is 5.32 Å². The SMILES string of the molecule is O=C(Nc1ccccc1Cn1cccn1)N1CCC[C@H]1c1ccsc1. The number of urea groups is 1. The lowest BCUT2D eigenvalue weighted by atomic mass is 10.1. The Bertz CT molecular complexity index is 829. The summed E-state index contributed by atoms with van der Waals surface area (Å²) in [5, 5.41) is 11.6. The van der Waals surface area contributed by atoms with Gasteiger partial charge in [0.2, 0.25) is 0 Å². The lowest BCUT2D eigenvalue weighted by Crippen LogP contribution is -2.34. The van der Waals surface area contributed by atoms with Crippen molar-refractivity contribution in [1.29, 1.82) is 0 Å². The Balaban J connectivity index is 1.51. The van der Waals surface area contributed by atoms with E-state index in [0.717, 1.165) is 30.6 Å². The number of para-hydroxylation sites is 1. The van der Waals surface area contributed by atoms with Crippen LogP contribution in [0.25, 0.3) is 0 Å². The quantitative estimate of drug-likeness (QED) is 0.758. The number of hydrogen-bond acceptors (Lipinski definition) is 3. The molecular formula is C19H20N4OS. The molecule has 4 rings (SSSR count). The molecule has 0 spiro atoms. The Kier molecular flexibility index (Phi) is 4.52. The van der Waals surface area contributed by atoms with Crippen LogP contribution in [-0.4, -0.2) is 27.3 Å². The van der Waals surface area contributed by atoms with E-state index in [1.807, 2.05) is 46.1 Å². The maximum Gasteiger partial charge on any atom is 0.322 e. The van der Waals surface area contributed by atoms with E-state index >= 15 is 0 Å². The Morgan fingerprint density at radius 3 is 3.00 bits per heavy atom. The molecule has 1 saturated heterocycles. The van der Waals surface area contributed by atoms with E-state index in [1.54, 1.807) is 17.5 Å². The number of benzene rings is 1. The summed E-state index contributed by atoms with van der Waals surface area (Å²) in [6.45, 7) is 1.44. The zero-order valence-corrected chi connectivity index (χ0v) is 14.7. The van der Waals surface area contributed by atoms with Gasteiger partial charge >= 0.3 is 6.03 Å². The predicted octanol–water partition coefficient (Wildman–Crippen LogP) is 4.36. The van der Waals surface area contributed by atoms with Gasteiger partial charge in [0, 0.05) is 24.6 Å². The van der Waals surface area contributed by atoms with Crippen LogP contribution in [0.4, 0.5) is 10.5 Å². The summed E-state index contributed by atoms with van der Waals surface area (Å²) in [5.74, 6) is 0. The normalized spacial score (nSPS) is 17.0. The number of carbonyl (C=O) groups excluding carboxylic acids is 1. The van der Waals surface area contributed by atoms with Crippen LogP contribution in [0.15, 0.2) is 59.6 Å². The van der Waals surface area contributed by atoms with Crippen molar-refractivity contribution < 1.29 is 4.79 Å². The fourth-order valence-corrected chi connectivity index (χ4v) is 4.06. The van der Waals surface area contributed by atoms with Crippen molar-refractivity contribution in [2.24, 2.45) is 0 Å². The maximum absolute atomic E-state index is 12.9. The standard InChI is InChI=1S/C19H20N4OS/c24-19(23-11-3-7-18(23)16-8-12-25-14-16)21-17-6-2-1-5-15(17)13-22-10-4-9-20-22/h1-2,4-6,8-10,12,14,18H,3,7,11,13H2,(H,21,24)/t18-/m0/s1. The van der Waals surface area contributed by atoms with Gasteiger partial charge in [0.1, 0.15) is 0 Å². The second-order valence-corrected chi connectivity index (χ2v) is 6.98. The number of thiophene rings is 1. The molecule has 1 aliphatic heterocycles. The summed E-state index contributed by atoms with van der Waals surface area (Å²) < 4.78 is 1.86. The number of rotatable bonds is 4. The van der Waals surface area contributed by atoms with Crippen LogP contribution >= 0.6 is 11.3 Å². The number of amides is 2. The van der Waals surface area contributed by atoms with Crippen LogP contribution in [-0.2, 0) is 6.54 Å². The van der Waals surface area contributed by atoms with E-state index in [1.165, 1.54) is 5.56 Å². The van der Waals surface area contributed by atoms with Crippen molar-refractivity contribution in [1.82, 2.24) is 14.7 Å². The highest BCUT2D eigenvalue weighted by Crippen LogP contribution is 2.33. The minimum absolute atomic E-state index is 0.0263. The van der Waals surface area contributed by atoms with E-state index in [4.69, 9.17) is 0 Å². The number of carbonyl (C=O) groups is 1. The molecule has 1 atom stereocenters. The first-order valence-corrected chi connectivity index (χ1v) is 9.40. The van der Waals surface area contributed by atoms with E-state index in [-0.39, 0.29) is 12.1 Å². The van der Waals surface area contributed by atoms with Gasteiger partial charge < -0.3 is 10.2 Å². The molecule has 3 heterocycles. The van der Waals surface area contributed by atoms with Gasteiger partial charge in [-0.05, 0) is 52.9 Å². The third kappa shape index (κ3) is 3.44. The van der Waals surface area contributed by atoms with Crippen LogP contribution in [0, 0.1) is 0 Å². The summed E-state index contributed by atoms with van der Waals surface area (Å²) in [5.41, 5.74) is 3.13. The second-order valence-electron chi connectivity index (χ2n) is 6.20. The molecule has 5 nitrogen and oxygen atoms in total. The first-order chi connectivity index (χ1) is 12.3. The first-order valence-electron chi connectivity index (χ1n) is 8.46. The second kappa shape index (κ2) is 7.11. The smallest absolute Gasteiger partial charge is 0.317 e. The van der Waals surface area contributed by atoms with E-state index in [0.29, 0.717) is 6.54 Å². The summed E-state index contributed by atoms with van der Waals surface area (Å²) in [4.78, 5) is 14.8. The third-order valence-corrected chi connectivity index (χ3v) is 5.29. The van der Waals surface area contributed by atoms with E-state index < -0.39 is 0 Å². The van der Waals surface area contributed by atoms with Gasteiger partial charge in [-0.25, -0.2) is 4.79 Å². The molecule has 2 aromatic heterocycles. The highest BCUT2D eigenvalue weighted by Gasteiger charge is 2.30. The summed E-state index contributed by atoms with van der Waals surface area (Å²) in [6.07, 6.45) is 5.75. The molecule has 25 heavy (non-hydrogen) atoms. The lowest BCUT2D eigenvalue weighted by molar-refractivity contribution is 0.207. The molecular weight excluding hydrogens is 332 g/mol. The molecule has 1 aliphatic rings. The highest BCUT2D eigenvalue weighted by molar-refractivity contribution is 7.08. The number of hydrogen-bond donors (Lipinski definition) is 1. The molecule has 0 saturated carbocycles. The zero-order valence-electron chi connectivity index (χ0n) is 13.8. The average Bonchev–Trinajstić information content (AvgIpc) is 3.38. The summed E-state index contributed by atoms with van der Waals surface area (Å²) in [6, 6.07) is 12.1. The van der Waals surface area contributed by atoms with Crippen molar-refractivity contribution in [3.63, 3.8) is 0 Å². The molecule has 1 aromatic carbocycles. The van der Waals surface area contributed by atoms with Gasteiger partial charge in [0.15, 0.2) is 0 Å². The number of likely N-dealkylation sites (tertiary alicyclic amines) is 1. The Morgan fingerprint density at radius 1 is 1.28 bits per heavy atom. The molecule has 3 aromatic rings. The van der Waals surface area contributed by atoms with Crippen molar-refractivity contribution in [2.75, 3.05) is 11.9 Å². The zero-order chi connectivity index (χ0) is 17.1. The lowest BCUT2D eigenvalue weighted by Gasteiger charge is -2.25. The predicted molar refractivity (Wildman–Crippen MR) is 99.8 cm³/mol. The molecule has 0 aliphatic carbocycles. The van der Waals surface area contributed by atoms with Gasteiger partial charge in [-0.15, -0.1) is 0 Å². The van der Waals surface area contributed by atoms with Crippen molar-refractivity contribution in [3.8, 4) is 0 Å². The Labute approximate surface area is 150 Å². The largest absolute Gasteiger partial charge is 0.322 e. The monoisotopic (exact) mass is 352 g/mol. The molecule has 0 unspecified atom stereocenters. The van der Waals surface area contributed by atoms with Crippen molar-refractivity contribution in [2.45, 2.75) is 25.4 Å². The molecule has 6 heteroatoms. The number of anilines is 1.